The third-order valence-corrected chi connectivity index (χ3v) is 7.06. The van der Waals surface area contributed by atoms with Crippen LogP contribution in [0.3, 0.4) is 0 Å². The van der Waals surface area contributed by atoms with Gasteiger partial charge in [-0.1, -0.05) is 5.16 Å². The highest BCUT2D eigenvalue weighted by Crippen LogP contribution is 2.38. The number of nitrogens with one attached hydrogen (secondary N) is 1. The number of nitrogens with two attached hydrogens (primary N) is 1. The second-order valence-electron chi connectivity index (χ2n) is 8.35. The Hall–Kier alpha value is -3.44. The molecule has 9 nitrogen and oxygen atoms in total. The Labute approximate surface area is 200 Å². The van der Waals surface area contributed by atoms with Gasteiger partial charge in [-0.15, -0.1) is 11.3 Å². The Morgan fingerprint density at radius 2 is 2.18 bits per heavy atom. The number of halogens is 1. The average molecular weight is 485 g/mol. The van der Waals surface area contributed by atoms with Crippen molar-refractivity contribution in [2.45, 2.75) is 39.0 Å². The van der Waals surface area contributed by atoms with E-state index < -0.39 is 6.03 Å². The van der Waals surface area contributed by atoms with Crippen molar-refractivity contribution in [1.29, 1.82) is 0 Å². The third-order valence-electron chi connectivity index (χ3n) is 6.15. The molecule has 1 aromatic carbocycles. The molecule has 1 fully saturated rings. The van der Waals surface area contributed by atoms with E-state index in [9.17, 15) is 9.18 Å². The molecule has 1 saturated heterocycles. The van der Waals surface area contributed by atoms with Gasteiger partial charge in [0, 0.05) is 35.3 Å². The van der Waals surface area contributed by atoms with E-state index in [0.29, 0.717) is 36.0 Å². The van der Waals surface area contributed by atoms with Gasteiger partial charge in [-0.2, -0.15) is 4.98 Å². The number of hydrogen-bond acceptors (Lipinski definition) is 8. The van der Waals surface area contributed by atoms with E-state index in [4.69, 9.17) is 15.0 Å². The van der Waals surface area contributed by atoms with Crippen molar-refractivity contribution in [2.24, 2.45) is 5.73 Å². The summed E-state index contributed by atoms with van der Waals surface area (Å²) in [7, 11) is 0. The van der Waals surface area contributed by atoms with E-state index in [-0.39, 0.29) is 11.9 Å². The maximum absolute atomic E-state index is 14.2. The Balaban J connectivity index is 1.33. The van der Waals surface area contributed by atoms with Crippen LogP contribution in [0.25, 0.3) is 5.70 Å². The summed E-state index contributed by atoms with van der Waals surface area (Å²) < 4.78 is 25.2. The summed E-state index contributed by atoms with van der Waals surface area (Å²) in [5.74, 6) is 0.717. The summed E-state index contributed by atoms with van der Waals surface area (Å²) in [4.78, 5) is 20.9. The lowest BCUT2D eigenvalue weighted by atomic mass is 10.1. The second-order valence-corrected chi connectivity index (χ2v) is 9.35. The van der Waals surface area contributed by atoms with Crippen LogP contribution in [0.2, 0.25) is 0 Å². The van der Waals surface area contributed by atoms with Gasteiger partial charge in [-0.3, -0.25) is 9.80 Å². The number of amides is 2. The second kappa shape index (κ2) is 9.43. The first kappa shape index (κ1) is 22.4. The number of carbonyl (C=O) groups is 1. The molecule has 11 heteroatoms. The van der Waals surface area contributed by atoms with Crippen LogP contribution in [0, 0.1) is 5.82 Å². The molecule has 4 heterocycles. The van der Waals surface area contributed by atoms with Crippen molar-refractivity contribution < 1.29 is 18.4 Å². The summed E-state index contributed by atoms with van der Waals surface area (Å²) in [5, 5.41) is 9.23. The lowest BCUT2D eigenvalue weighted by Crippen LogP contribution is -2.38. The van der Waals surface area contributed by atoms with Gasteiger partial charge >= 0.3 is 6.03 Å². The number of primary amides is 1. The molecule has 0 saturated carbocycles. The first-order chi connectivity index (χ1) is 16.5. The van der Waals surface area contributed by atoms with Gasteiger partial charge in [0.1, 0.15) is 17.7 Å². The predicted molar refractivity (Wildman–Crippen MR) is 125 cm³/mol. The highest BCUT2D eigenvalue weighted by atomic mass is 32.1. The van der Waals surface area contributed by atoms with Crippen molar-refractivity contribution in [3.63, 3.8) is 0 Å². The van der Waals surface area contributed by atoms with E-state index in [0.717, 1.165) is 42.1 Å². The lowest BCUT2D eigenvalue weighted by molar-refractivity contribution is 0.0952. The number of urea groups is 1. The molecule has 0 spiro atoms. The molecule has 0 aliphatic carbocycles. The minimum absolute atomic E-state index is 0.0517. The molecule has 0 unspecified atom stereocenters. The summed E-state index contributed by atoms with van der Waals surface area (Å²) in [6.45, 7) is 4.54. The monoisotopic (exact) mass is 484 g/mol. The summed E-state index contributed by atoms with van der Waals surface area (Å²) in [5.41, 5.74) is 8.71. The smallest absolute Gasteiger partial charge is 0.319 e. The topological polar surface area (TPSA) is 110 Å². The molecule has 0 radical (unpaired) electrons. The van der Waals surface area contributed by atoms with Crippen LogP contribution in [0.4, 0.5) is 14.9 Å². The zero-order chi connectivity index (χ0) is 23.7. The number of likely N-dealkylation sites (tertiary alicyclic amines) is 1. The molecule has 2 amide bonds. The Bertz CT molecular complexity index is 1200. The minimum atomic E-state index is -0.515. The molecule has 0 bridgehead atoms. The molecular weight excluding hydrogens is 459 g/mol. The average Bonchev–Trinajstić information content (AvgIpc) is 3.50. The molecule has 2 aliphatic rings. The minimum Gasteiger partial charge on any atom is -0.488 e. The number of allylic oxidation sites excluding steroid dienone is 1. The number of aromatic nitrogens is 2. The fourth-order valence-electron chi connectivity index (χ4n) is 4.34. The summed E-state index contributed by atoms with van der Waals surface area (Å²) >= 11 is 1.56. The van der Waals surface area contributed by atoms with Gasteiger partial charge < -0.3 is 20.3 Å². The number of fused-ring (bicyclic) bond motifs is 1. The largest absolute Gasteiger partial charge is 0.488 e. The third kappa shape index (κ3) is 4.62. The number of thiophene rings is 1. The number of benzene rings is 1. The Morgan fingerprint density at radius 3 is 2.91 bits per heavy atom. The van der Waals surface area contributed by atoms with Gasteiger partial charge in [-0.25, -0.2) is 9.18 Å². The standard InChI is InChI=1S/C23H25FN6O3S/c1-14-22(17-6-9-34-20(17)11-30(14)23(25)31)27-18-3-2-15(24)10-19(18)33-16-4-7-29(8-5-16)12-21-26-13-32-28-21/h2-3,6,9-10,13,16,27H,4-5,7-8,11-12H2,1H3,(H2,25,31). The molecule has 178 valence electrons. The van der Waals surface area contributed by atoms with Crippen molar-refractivity contribution in [3.05, 3.63) is 63.8 Å². The van der Waals surface area contributed by atoms with Gasteiger partial charge in [0.15, 0.2) is 5.82 Å². The van der Waals surface area contributed by atoms with Gasteiger partial charge in [0.25, 0.3) is 0 Å². The van der Waals surface area contributed by atoms with Crippen LogP contribution >= 0.6 is 11.3 Å². The first-order valence-corrected chi connectivity index (χ1v) is 11.9. The zero-order valence-electron chi connectivity index (χ0n) is 18.7. The van der Waals surface area contributed by atoms with Gasteiger partial charge in [-0.05, 0) is 43.3 Å². The van der Waals surface area contributed by atoms with E-state index >= 15 is 0 Å². The van der Waals surface area contributed by atoms with Gasteiger partial charge in [0.2, 0.25) is 6.39 Å². The van der Waals surface area contributed by atoms with Crippen LogP contribution in [-0.4, -0.2) is 45.2 Å². The van der Waals surface area contributed by atoms with Crippen molar-refractivity contribution in [2.75, 3.05) is 18.4 Å². The Kier molecular flexibility index (Phi) is 6.20. The van der Waals surface area contributed by atoms with Crippen LogP contribution in [0.5, 0.6) is 5.75 Å². The number of anilines is 1. The van der Waals surface area contributed by atoms with Crippen molar-refractivity contribution >= 4 is 28.8 Å². The molecule has 3 N–H and O–H groups in total. The molecule has 2 aliphatic heterocycles. The summed E-state index contributed by atoms with van der Waals surface area (Å²) in [6.07, 6.45) is 2.86. The quantitative estimate of drug-likeness (QED) is 0.544. The van der Waals surface area contributed by atoms with Crippen LogP contribution in [-0.2, 0) is 13.1 Å². The van der Waals surface area contributed by atoms with Crippen LogP contribution < -0.4 is 15.8 Å². The number of piperidine rings is 1. The van der Waals surface area contributed by atoms with E-state index in [2.05, 4.69) is 20.4 Å². The van der Waals surface area contributed by atoms with Crippen molar-refractivity contribution in [1.82, 2.24) is 19.9 Å². The van der Waals surface area contributed by atoms with Gasteiger partial charge in [0.05, 0.1) is 24.5 Å². The molecule has 34 heavy (non-hydrogen) atoms. The number of nitrogens with zero attached hydrogens (tertiary/aromatic N) is 4. The SMILES string of the molecule is CC1=C(Nc2ccc(F)cc2OC2CCN(Cc3ncon3)CC2)c2ccsc2CN1C(N)=O. The number of hydrogen-bond donors (Lipinski definition) is 2. The first-order valence-electron chi connectivity index (χ1n) is 11.0. The van der Waals surface area contributed by atoms with Crippen molar-refractivity contribution in [3.8, 4) is 5.75 Å². The molecule has 5 rings (SSSR count). The highest BCUT2D eigenvalue weighted by Gasteiger charge is 2.28. The fourth-order valence-corrected chi connectivity index (χ4v) is 5.21. The molecular formula is C23H25FN6O3S. The Morgan fingerprint density at radius 1 is 1.35 bits per heavy atom. The van der Waals surface area contributed by atoms with E-state index in [1.165, 1.54) is 23.4 Å². The maximum Gasteiger partial charge on any atom is 0.319 e. The molecule has 3 aromatic rings. The normalized spacial score (nSPS) is 17.1. The lowest BCUT2D eigenvalue weighted by Gasteiger charge is -2.32. The maximum atomic E-state index is 14.2. The number of carbonyl (C=O) groups excluding carboxylic acids is 1. The fraction of sp³-hybridized carbons (Fsp3) is 0.348. The van der Waals surface area contributed by atoms with E-state index in [1.54, 1.807) is 17.4 Å². The van der Waals surface area contributed by atoms with Crippen LogP contribution in [0.15, 0.2) is 46.3 Å². The van der Waals surface area contributed by atoms with Crippen LogP contribution in [0.1, 0.15) is 36.0 Å². The number of ether oxygens (including phenoxy) is 1. The summed E-state index contributed by atoms with van der Waals surface area (Å²) in [6, 6.07) is 5.94. The highest BCUT2D eigenvalue weighted by molar-refractivity contribution is 7.10. The predicted octanol–water partition coefficient (Wildman–Crippen LogP) is 4.01. The molecule has 0 atom stereocenters. The van der Waals surface area contributed by atoms with E-state index in [1.807, 2.05) is 18.4 Å². The molecule has 2 aromatic heterocycles. The zero-order valence-corrected chi connectivity index (χ0v) is 19.5. The number of rotatable bonds is 6.